The molecule has 21 heavy (non-hydrogen) atoms. The van der Waals surface area contributed by atoms with Crippen LogP contribution in [-0.2, 0) is 4.74 Å². The monoisotopic (exact) mass is 290 g/mol. The van der Waals surface area contributed by atoms with Crippen molar-refractivity contribution >= 4 is 5.95 Å². The molecule has 0 aromatic carbocycles. The maximum absolute atomic E-state index is 5.43. The predicted molar refractivity (Wildman–Crippen MR) is 83.7 cm³/mol. The van der Waals surface area contributed by atoms with Crippen LogP contribution < -0.4 is 4.90 Å². The van der Waals surface area contributed by atoms with Gasteiger partial charge in [-0.2, -0.15) is 0 Å². The summed E-state index contributed by atoms with van der Waals surface area (Å²) in [5.41, 5.74) is 2.26. The molecule has 0 saturated carbocycles. The lowest BCUT2D eigenvalue weighted by Crippen LogP contribution is -2.45. The molecular formula is C16H26N4O. The zero-order valence-electron chi connectivity index (χ0n) is 13.2. The average molecular weight is 290 g/mol. The molecule has 116 valence electrons. The van der Waals surface area contributed by atoms with E-state index in [4.69, 9.17) is 4.74 Å². The molecule has 1 unspecified atom stereocenters. The second kappa shape index (κ2) is 6.71. The molecule has 0 spiro atoms. The van der Waals surface area contributed by atoms with Crippen molar-refractivity contribution in [2.45, 2.75) is 26.7 Å². The zero-order chi connectivity index (χ0) is 14.7. The summed E-state index contributed by atoms with van der Waals surface area (Å²) in [4.78, 5) is 14.1. The Morgan fingerprint density at radius 1 is 1.24 bits per heavy atom. The third-order valence-electron chi connectivity index (χ3n) is 4.63. The summed E-state index contributed by atoms with van der Waals surface area (Å²) in [6.07, 6.45) is 4.51. The van der Waals surface area contributed by atoms with Gasteiger partial charge in [-0.05, 0) is 38.2 Å². The van der Waals surface area contributed by atoms with Crippen LogP contribution in [0, 0.1) is 19.8 Å². The topological polar surface area (TPSA) is 41.5 Å². The molecule has 5 nitrogen and oxygen atoms in total. The second-order valence-electron chi connectivity index (χ2n) is 6.31. The number of morpholine rings is 1. The van der Waals surface area contributed by atoms with E-state index < -0.39 is 0 Å². The quantitative estimate of drug-likeness (QED) is 0.846. The summed E-state index contributed by atoms with van der Waals surface area (Å²) < 4.78 is 5.43. The normalized spacial score (nSPS) is 24.3. The third kappa shape index (κ3) is 3.71. The van der Waals surface area contributed by atoms with E-state index in [1.165, 1.54) is 24.9 Å². The number of anilines is 1. The van der Waals surface area contributed by atoms with Crippen LogP contribution in [0.1, 0.15) is 24.1 Å². The van der Waals surface area contributed by atoms with Crippen molar-refractivity contribution < 1.29 is 4.74 Å². The van der Waals surface area contributed by atoms with Crippen molar-refractivity contribution in [2.75, 3.05) is 50.8 Å². The van der Waals surface area contributed by atoms with Gasteiger partial charge in [-0.15, -0.1) is 0 Å². The maximum atomic E-state index is 5.43. The number of ether oxygens (including phenoxy) is 1. The third-order valence-corrected chi connectivity index (χ3v) is 4.63. The van der Waals surface area contributed by atoms with Crippen LogP contribution in [0.15, 0.2) is 6.20 Å². The first-order valence-corrected chi connectivity index (χ1v) is 8.07. The molecule has 0 radical (unpaired) electrons. The molecule has 1 aromatic rings. The van der Waals surface area contributed by atoms with Gasteiger partial charge in [0, 0.05) is 44.6 Å². The summed E-state index contributed by atoms with van der Waals surface area (Å²) in [6, 6.07) is 0. The van der Waals surface area contributed by atoms with Gasteiger partial charge < -0.3 is 9.64 Å². The van der Waals surface area contributed by atoms with Crippen molar-refractivity contribution in [2.24, 2.45) is 5.92 Å². The lowest BCUT2D eigenvalue weighted by Gasteiger charge is -2.36. The fraction of sp³-hybridized carbons (Fsp3) is 0.750. The van der Waals surface area contributed by atoms with E-state index in [9.17, 15) is 0 Å². The first-order valence-electron chi connectivity index (χ1n) is 8.07. The summed E-state index contributed by atoms with van der Waals surface area (Å²) in [7, 11) is 0. The fourth-order valence-electron chi connectivity index (χ4n) is 3.21. The molecule has 1 atom stereocenters. The molecule has 0 bridgehead atoms. The number of nitrogens with zero attached hydrogens (tertiary/aromatic N) is 4. The first kappa shape index (κ1) is 14.7. The van der Waals surface area contributed by atoms with Gasteiger partial charge in [0.05, 0.1) is 13.2 Å². The Labute approximate surface area is 127 Å². The Kier molecular flexibility index (Phi) is 4.70. The van der Waals surface area contributed by atoms with Crippen molar-refractivity contribution in [3.05, 3.63) is 17.5 Å². The van der Waals surface area contributed by atoms with Crippen LogP contribution in [-0.4, -0.2) is 60.8 Å². The van der Waals surface area contributed by atoms with Gasteiger partial charge in [-0.1, -0.05) is 0 Å². The van der Waals surface area contributed by atoms with Gasteiger partial charge >= 0.3 is 0 Å². The van der Waals surface area contributed by atoms with Gasteiger partial charge in [0.25, 0.3) is 0 Å². The van der Waals surface area contributed by atoms with Gasteiger partial charge in [-0.25, -0.2) is 9.97 Å². The Bertz CT molecular complexity index is 473. The molecule has 1 aromatic heterocycles. The van der Waals surface area contributed by atoms with Gasteiger partial charge in [0.1, 0.15) is 0 Å². The van der Waals surface area contributed by atoms with E-state index in [0.717, 1.165) is 57.0 Å². The van der Waals surface area contributed by atoms with Crippen LogP contribution in [0.2, 0.25) is 0 Å². The fourth-order valence-corrected chi connectivity index (χ4v) is 3.21. The summed E-state index contributed by atoms with van der Waals surface area (Å²) in [6.45, 7) is 11.4. The molecule has 2 saturated heterocycles. The number of hydrogen-bond donors (Lipinski definition) is 0. The number of rotatable bonds is 3. The second-order valence-corrected chi connectivity index (χ2v) is 6.31. The van der Waals surface area contributed by atoms with E-state index >= 15 is 0 Å². The lowest BCUT2D eigenvalue weighted by atomic mass is 9.97. The van der Waals surface area contributed by atoms with Crippen molar-refractivity contribution in [3.8, 4) is 0 Å². The number of hydrogen-bond acceptors (Lipinski definition) is 5. The van der Waals surface area contributed by atoms with Crippen LogP contribution in [0.4, 0.5) is 5.95 Å². The predicted octanol–water partition coefficient (Wildman–Crippen LogP) is 1.64. The minimum Gasteiger partial charge on any atom is -0.379 e. The standard InChI is InChI=1S/C16H26N4O/c1-13-10-17-16(18-14(13)2)20-5-3-4-15(12-20)11-19-6-8-21-9-7-19/h10,15H,3-9,11-12H2,1-2H3. The highest BCUT2D eigenvalue weighted by molar-refractivity contribution is 5.33. The van der Waals surface area contributed by atoms with Crippen LogP contribution in [0.3, 0.4) is 0 Å². The number of aryl methyl sites for hydroxylation is 2. The largest absolute Gasteiger partial charge is 0.379 e. The van der Waals surface area contributed by atoms with Crippen LogP contribution in [0.5, 0.6) is 0 Å². The summed E-state index contributed by atoms with van der Waals surface area (Å²) in [5, 5.41) is 0. The molecule has 0 N–H and O–H groups in total. The number of aromatic nitrogens is 2. The van der Waals surface area contributed by atoms with E-state index in [2.05, 4.69) is 33.6 Å². The molecule has 3 rings (SSSR count). The molecule has 2 fully saturated rings. The molecule has 0 amide bonds. The van der Waals surface area contributed by atoms with Crippen molar-refractivity contribution in [1.82, 2.24) is 14.9 Å². The summed E-state index contributed by atoms with van der Waals surface area (Å²) in [5.74, 6) is 1.63. The highest BCUT2D eigenvalue weighted by Gasteiger charge is 2.24. The van der Waals surface area contributed by atoms with E-state index in [1.807, 2.05) is 6.20 Å². The Hall–Kier alpha value is -1.20. The molecule has 3 heterocycles. The SMILES string of the molecule is Cc1cnc(N2CCCC(CN3CCOCC3)C2)nc1C. The average Bonchev–Trinajstić information content (AvgIpc) is 2.51. The molecule has 2 aliphatic heterocycles. The van der Waals surface area contributed by atoms with E-state index in [-0.39, 0.29) is 0 Å². The first-order chi connectivity index (χ1) is 10.2. The van der Waals surface area contributed by atoms with E-state index in [1.54, 1.807) is 0 Å². The van der Waals surface area contributed by atoms with Crippen LogP contribution >= 0.6 is 0 Å². The summed E-state index contributed by atoms with van der Waals surface area (Å²) >= 11 is 0. The highest BCUT2D eigenvalue weighted by atomic mass is 16.5. The Balaban J connectivity index is 1.60. The molecule has 5 heteroatoms. The molecule has 2 aliphatic rings. The van der Waals surface area contributed by atoms with Crippen molar-refractivity contribution in [3.63, 3.8) is 0 Å². The Morgan fingerprint density at radius 2 is 2.05 bits per heavy atom. The molecule has 0 aliphatic carbocycles. The smallest absolute Gasteiger partial charge is 0.225 e. The minimum absolute atomic E-state index is 0.724. The van der Waals surface area contributed by atoms with Crippen LogP contribution in [0.25, 0.3) is 0 Å². The highest BCUT2D eigenvalue weighted by Crippen LogP contribution is 2.22. The van der Waals surface area contributed by atoms with E-state index in [0.29, 0.717) is 0 Å². The minimum atomic E-state index is 0.724. The van der Waals surface area contributed by atoms with Gasteiger partial charge in [0.15, 0.2) is 0 Å². The number of piperidine rings is 1. The zero-order valence-corrected chi connectivity index (χ0v) is 13.2. The van der Waals surface area contributed by atoms with Crippen molar-refractivity contribution in [1.29, 1.82) is 0 Å². The lowest BCUT2D eigenvalue weighted by molar-refractivity contribution is 0.0296. The molecular weight excluding hydrogens is 264 g/mol. The van der Waals surface area contributed by atoms with Gasteiger partial charge in [0.2, 0.25) is 5.95 Å². The Morgan fingerprint density at radius 3 is 2.81 bits per heavy atom. The van der Waals surface area contributed by atoms with Gasteiger partial charge in [-0.3, -0.25) is 4.90 Å². The maximum Gasteiger partial charge on any atom is 0.225 e.